The summed E-state index contributed by atoms with van der Waals surface area (Å²) in [5.74, 6) is -0.609. The Kier molecular flexibility index (Phi) is 4.03. The molecule has 0 aliphatic heterocycles. The zero-order chi connectivity index (χ0) is 16.2. The summed E-state index contributed by atoms with van der Waals surface area (Å²) in [6.07, 6.45) is 2.67. The molecule has 3 aromatic rings. The Bertz CT molecular complexity index is 875. The third-order valence-electron chi connectivity index (χ3n) is 3.34. The minimum atomic E-state index is -0.640. The normalized spacial score (nSPS) is 11.0. The van der Waals surface area contributed by atoms with Gasteiger partial charge in [0.05, 0.1) is 0 Å². The fourth-order valence-corrected chi connectivity index (χ4v) is 2.23. The van der Waals surface area contributed by atoms with Gasteiger partial charge in [0.15, 0.2) is 5.76 Å². The molecular formula is C18H13NO4. The number of para-hydroxylation sites is 1. The van der Waals surface area contributed by atoms with E-state index in [1.54, 1.807) is 36.4 Å². The maximum Gasteiger partial charge on any atom is 0.267 e. The first-order valence-electron chi connectivity index (χ1n) is 6.93. The predicted molar refractivity (Wildman–Crippen MR) is 85.1 cm³/mol. The van der Waals surface area contributed by atoms with E-state index < -0.39 is 5.91 Å². The first kappa shape index (κ1) is 14.7. The molecule has 0 fully saturated rings. The van der Waals surface area contributed by atoms with E-state index in [0.717, 1.165) is 5.39 Å². The third kappa shape index (κ3) is 3.20. The number of ketones is 1. The van der Waals surface area contributed by atoms with Crippen molar-refractivity contribution < 1.29 is 19.2 Å². The smallest absolute Gasteiger partial charge is 0.267 e. The summed E-state index contributed by atoms with van der Waals surface area (Å²) in [5.41, 5.74) is 3.28. The minimum absolute atomic E-state index is 0.233. The van der Waals surface area contributed by atoms with Crippen molar-refractivity contribution in [1.82, 2.24) is 5.48 Å². The lowest BCUT2D eigenvalue weighted by Crippen LogP contribution is -2.14. The Hall–Kier alpha value is -3.18. The molecule has 0 radical (unpaired) electrons. The monoisotopic (exact) mass is 307 g/mol. The van der Waals surface area contributed by atoms with E-state index in [0.29, 0.717) is 16.7 Å². The SMILES string of the molecule is O=C(C=Cc1cccc(C(=O)c2cc3ccccc3o2)c1)NO. The Morgan fingerprint density at radius 2 is 1.87 bits per heavy atom. The lowest BCUT2D eigenvalue weighted by molar-refractivity contribution is -0.124. The molecule has 0 aliphatic rings. The van der Waals surface area contributed by atoms with Gasteiger partial charge in [0, 0.05) is 17.0 Å². The van der Waals surface area contributed by atoms with Gasteiger partial charge < -0.3 is 4.42 Å². The molecule has 2 N–H and O–H groups in total. The number of fused-ring (bicyclic) bond motifs is 1. The van der Waals surface area contributed by atoms with Crippen molar-refractivity contribution in [3.8, 4) is 0 Å². The maximum atomic E-state index is 12.5. The van der Waals surface area contributed by atoms with Gasteiger partial charge in [0.2, 0.25) is 5.78 Å². The average Bonchev–Trinajstić information content (AvgIpc) is 3.03. The summed E-state index contributed by atoms with van der Waals surface area (Å²) in [7, 11) is 0. The topological polar surface area (TPSA) is 79.5 Å². The van der Waals surface area contributed by atoms with E-state index in [1.807, 2.05) is 18.2 Å². The van der Waals surface area contributed by atoms with Crippen LogP contribution in [0.1, 0.15) is 21.7 Å². The standard InChI is InChI=1S/C18H13NO4/c20-17(19-22)9-8-12-4-3-6-14(10-12)18(21)16-11-13-5-1-2-7-15(13)23-16/h1-11,22H,(H,19,20). The number of carbonyl (C=O) groups is 2. The van der Waals surface area contributed by atoms with Gasteiger partial charge in [0.25, 0.3) is 5.91 Å². The van der Waals surface area contributed by atoms with Gasteiger partial charge in [-0.2, -0.15) is 0 Å². The molecule has 1 amide bonds. The Morgan fingerprint density at radius 3 is 2.65 bits per heavy atom. The van der Waals surface area contributed by atoms with Gasteiger partial charge in [-0.3, -0.25) is 14.8 Å². The molecule has 1 heterocycles. The average molecular weight is 307 g/mol. The van der Waals surface area contributed by atoms with Crippen molar-refractivity contribution in [3.63, 3.8) is 0 Å². The number of hydrogen-bond acceptors (Lipinski definition) is 4. The summed E-state index contributed by atoms with van der Waals surface area (Å²) in [4.78, 5) is 23.5. The van der Waals surface area contributed by atoms with Crippen LogP contribution < -0.4 is 5.48 Å². The van der Waals surface area contributed by atoms with Crippen LogP contribution in [0.4, 0.5) is 0 Å². The molecule has 0 atom stereocenters. The summed E-state index contributed by atoms with van der Waals surface area (Å²) in [6, 6.07) is 15.9. The number of benzene rings is 2. The maximum absolute atomic E-state index is 12.5. The van der Waals surface area contributed by atoms with E-state index in [9.17, 15) is 9.59 Å². The van der Waals surface area contributed by atoms with Crippen LogP contribution in [0.3, 0.4) is 0 Å². The molecule has 0 aliphatic carbocycles. The van der Waals surface area contributed by atoms with Crippen LogP contribution in [0.5, 0.6) is 0 Å². The van der Waals surface area contributed by atoms with Crippen LogP contribution in [0.15, 0.2) is 65.1 Å². The highest BCUT2D eigenvalue weighted by Crippen LogP contribution is 2.21. The van der Waals surface area contributed by atoms with Gasteiger partial charge >= 0.3 is 0 Å². The largest absolute Gasteiger partial charge is 0.453 e. The molecule has 0 saturated heterocycles. The quantitative estimate of drug-likeness (QED) is 0.336. The van der Waals surface area contributed by atoms with Crippen LogP contribution in [0.2, 0.25) is 0 Å². The number of carbonyl (C=O) groups excluding carboxylic acids is 2. The number of furan rings is 1. The lowest BCUT2D eigenvalue weighted by atomic mass is 10.1. The van der Waals surface area contributed by atoms with Gasteiger partial charge in [-0.15, -0.1) is 0 Å². The van der Waals surface area contributed by atoms with Gasteiger partial charge in [-0.25, -0.2) is 5.48 Å². The zero-order valence-electron chi connectivity index (χ0n) is 12.0. The van der Waals surface area contributed by atoms with Crippen molar-refractivity contribution in [2.24, 2.45) is 0 Å². The van der Waals surface area contributed by atoms with Crippen LogP contribution in [-0.4, -0.2) is 16.9 Å². The molecule has 23 heavy (non-hydrogen) atoms. The Morgan fingerprint density at radius 1 is 1.04 bits per heavy atom. The van der Waals surface area contributed by atoms with Gasteiger partial charge in [-0.1, -0.05) is 36.4 Å². The van der Waals surface area contributed by atoms with Gasteiger partial charge in [-0.05, 0) is 29.8 Å². The number of amides is 1. The lowest BCUT2D eigenvalue weighted by Gasteiger charge is -1.99. The number of hydrogen-bond donors (Lipinski definition) is 2. The van der Waals surface area contributed by atoms with E-state index >= 15 is 0 Å². The molecule has 1 aromatic heterocycles. The highest BCUT2D eigenvalue weighted by atomic mass is 16.5. The predicted octanol–water partition coefficient (Wildman–Crippen LogP) is 3.18. The number of rotatable bonds is 4. The summed E-state index contributed by atoms with van der Waals surface area (Å²) in [6.45, 7) is 0. The van der Waals surface area contributed by atoms with Crippen LogP contribution in [0.25, 0.3) is 17.0 Å². The molecule has 5 nitrogen and oxygen atoms in total. The highest BCUT2D eigenvalue weighted by Gasteiger charge is 2.14. The second-order valence-corrected chi connectivity index (χ2v) is 4.91. The Balaban J connectivity index is 1.90. The second-order valence-electron chi connectivity index (χ2n) is 4.91. The molecule has 114 valence electrons. The fraction of sp³-hybridized carbons (Fsp3) is 0. The van der Waals surface area contributed by atoms with Crippen molar-refractivity contribution in [1.29, 1.82) is 0 Å². The van der Waals surface area contributed by atoms with Gasteiger partial charge in [0.1, 0.15) is 5.58 Å². The summed E-state index contributed by atoms with van der Waals surface area (Å²) in [5, 5.41) is 9.32. The minimum Gasteiger partial charge on any atom is -0.453 e. The number of hydroxylamine groups is 1. The zero-order valence-corrected chi connectivity index (χ0v) is 12.0. The van der Waals surface area contributed by atoms with E-state index in [2.05, 4.69) is 0 Å². The molecule has 0 saturated carbocycles. The summed E-state index contributed by atoms with van der Waals surface area (Å²) >= 11 is 0. The first-order chi connectivity index (χ1) is 11.2. The summed E-state index contributed by atoms with van der Waals surface area (Å²) < 4.78 is 5.57. The third-order valence-corrected chi connectivity index (χ3v) is 3.34. The fourth-order valence-electron chi connectivity index (χ4n) is 2.23. The van der Waals surface area contributed by atoms with Crippen molar-refractivity contribution in [3.05, 3.63) is 77.6 Å². The molecule has 0 unspecified atom stereocenters. The Labute approximate surface area is 131 Å². The molecule has 3 rings (SSSR count). The molecule has 0 spiro atoms. The van der Waals surface area contributed by atoms with E-state index in [4.69, 9.17) is 9.62 Å². The second kappa shape index (κ2) is 6.29. The molecular weight excluding hydrogens is 294 g/mol. The molecule has 5 heteroatoms. The van der Waals surface area contributed by atoms with Crippen LogP contribution in [-0.2, 0) is 4.79 Å². The number of nitrogens with one attached hydrogen (secondary N) is 1. The van der Waals surface area contributed by atoms with Crippen molar-refractivity contribution >= 4 is 28.7 Å². The molecule has 2 aromatic carbocycles. The van der Waals surface area contributed by atoms with Crippen LogP contribution >= 0.6 is 0 Å². The first-order valence-corrected chi connectivity index (χ1v) is 6.93. The van der Waals surface area contributed by atoms with Crippen molar-refractivity contribution in [2.75, 3.05) is 0 Å². The van der Waals surface area contributed by atoms with Crippen molar-refractivity contribution in [2.45, 2.75) is 0 Å². The molecule has 0 bridgehead atoms. The van der Waals surface area contributed by atoms with E-state index in [-0.39, 0.29) is 11.5 Å². The van der Waals surface area contributed by atoms with Crippen LogP contribution in [0, 0.1) is 0 Å². The highest BCUT2D eigenvalue weighted by molar-refractivity contribution is 6.09. The van der Waals surface area contributed by atoms with E-state index in [1.165, 1.54) is 17.6 Å².